The third-order valence-electron chi connectivity index (χ3n) is 3.30. The van der Waals surface area contributed by atoms with Gasteiger partial charge in [-0.2, -0.15) is 22.7 Å². The summed E-state index contributed by atoms with van der Waals surface area (Å²) in [6.45, 7) is 0. The summed E-state index contributed by atoms with van der Waals surface area (Å²) in [6, 6.07) is 3.52. The number of rotatable bonds is 4. The van der Waals surface area contributed by atoms with Crippen molar-refractivity contribution >= 4 is 35.0 Å². The number of amides is 1. The third-order valence-corrected chi connectivity index (χ3v) is 4.37. The Balaban J connectivity index is 1.78. The van der Waals surface area contributed by atoms with Crippen LogP contribution in [-0.2, 0) is 9.59 Å². The molecule has 144 valence electrons. The number of fused-ring (bicyclic) bond motifs is 1. The van der Waals surface area contributed by atoms with Crippen molar-refractivity contribution in [3.8, 4) is 11.5 Å². The van der Waals surface area contributed by atoms with E-state index in [1.165, 1.54) is 12.1 Å². The lowest BCUT2D eigenvalue weighted by Gasteiger charge is -2.32. The van der Waals surface area contributed by atoms with Crippen LogP contribution in [0, 0.1) is 0 Å². The Morgan fingerprint density at radius 1 is 1.30 bits per heavy atom. The summed E-state index contributed by atoms with van der Waals surface area (Å²) in [5.41, 5.74) is -0.122. The van der Waals surface area contributed by atoms with Gasteiger partial charge in [-0.25, -0.2) is 0 Å². The number of aliphatic carboxylic acids is 1. The molecule has 1 saturated heterocycles. The number of ether oxygens (including phenoxy) is 2. The van der Waals surface area contributed by atoms with E-state index in [9.17, 15) is 27.2 Å². The van der Waals surface area contributed by atoms with Gasteiger partial charge in [0.25, 0.3) is 0 Å². The van der Waals surface area contributed by atoms with Crippen LogP contribution in [0.1, 0.15) is 12.0 Å². The predicted octanol–water partition coefficient (Wildman–Crippen LogP) is 2.04. The molecule has 8 nitrogen and oxygen atoms in total. The molecule has 1 atom stereocenters. The average molecular weight is 407 g/mol. The second-order valence-electron chi connectivity index (χ2n) is 5.26. The van der Waals surface area contributed by atoms with E-state index in [4.69, 9.17) is 5.11 Å². The molecule has 27 heavy (non-hydrogen) atoms. The van der Waals surface area contributed by atoms with Crippen LogP contribution in [0.15, 0.2) is 28.4 Å². The zero-order valence-corrected chi connectivity index (χ0v) is 13.8. The number of halogens is 4. The minimum absolute atomic E-state index is 0.00123. The topological polar surface area (TPSA) is 110 Å². The summed E-state index contributed by atoms with van der Waals surface area (Å²) in [5, 5.41) is 17.3. The molecule has 0 aliphatic carbocycles. The zero-order chi connectivity index (χ0) is 19.8. The summed E-state index contributed by atoms with van der Waals surface area (Å²) in [7, 11) is 0. The molecule has 2 aliphatic rings. The van der Waals surface area contributed by atoms with Gasteiger partial charge in [-0.1, -0.05) is 17.8 Å². The standard InChI is InChI=1S/C14H9F4N3O5S/c15-13(16)14(17,18)26-10-6(2-1-3-7(10)25-13)5-19-21-12-20-11(24)8(27-12)4-9(22)23/h1-3,5,8H,4H2,(H,22,23)(H,20,21,24). The summed E-state index contributed by atoms with van der Waals surface area (Å²) in [6.07, 6.45) is -9.19. The van der Waals surface area contributed by atoms with Crippen molar-refractivity contribution in [3.05, 3.63) is 23.8 Å². The first-order valence-corrected chi connectivity index (χ1v) is 8.04. The number of carbonyl (C=O) groups is 2. The Morgan fingerprint density at radius 3 is 2.70 bits per heavy atom. The molecule has 13 heteroatoms. The Morgan fingerprint density at radius 2 is 2.00 bits per heavy atom. The largest absolute Gasteiger partial charge is 0.507 e. The molecule has 0 saturated carbocycles. The third kappa shape index (κ3) is 3.82. The quantitative estimate of drug-likeness (QED) is 0.449. The maximum atomic E-state index is 13.3. The number of hydrogen-bond acceptors (Lipinski definition) is 7. The van der Waals surface area contributed by atoms with Gasteiger partial charge in [-0.05, 0) is 12.1 Å². The molecule has 1 amide bonds. The molecule has 0 spiro atoms. The van der Waals surface area contributed by atoms with E-state index in [0.717, 1.165) is 24.0 Å². The van der Waals surface area contributed by atoms with E-state index < -0.39 is 47.3 Å². The van der Waals surface area contributed by atoms with Gasteiger partial charge in [0.05, 0.1) is 12.6 Å². The van der Waals surface area contributed by atoms with Gasteiger partial charge in [-0.3, -0.25) is 9.59 Å². The number of nitrogens with zero attached hydrogens (tertiary/aromatic N) is 2. The van der Waals surface area contributed by atoms with Crippen molar-refractivity contribution in [1.82, 2.24) is 5.32 Å². The van der Waals surface area contributed by atoms with Crippen molar-refractivity contribution in [1.29, 1.82) is 0 Å². The minimum Gasteiger partial charge on any atom is -0.481 e. The lowest BCUT2D eigenvalue weighted by atomic mass is 10.2. The Kier molecular flexibility index (Phi) is 4.71. The summed E-state index contributed by atoms with van der Waals surface area (Å²) in [4.78, 5) is 22.2. The molecule has 2 heterocycles. The van der Waals surface area contributed by atoms with Gasteiger partial charge in [-0.15, -0.1) is 5.10 Å². The number of alkyl halides is 4. The van der Waals surface area contributed by atoms with Gasteiger partial charge < -0.3 is 19.9 Å². The lowest BCUT2D eigenvalue weighted by Crippen LogP contribution is -2.52. The molecule has 3 rings (SSSR count). The number of carbonyl (C=O) groups excluding carboxylic acids is 1. The highest BCUT2D eigenvalue weighted by Gasteiger charge is 2.66. The fourth-order valence-corrected chi connectivity index (χ4v) is 3.01. The first-order valence-electron chi connectivity index (χ1n) is 7.16. The van der Waals surface area contributed by atoms with Crippen LogP contribution in [0.5, 0.6) is 11.5 Å². The highest BCUT2D eigenvalue weighted by molar-refractivity contribution is 8.15. The van der Waals surface area contributed by atoms with E-state index in [1.807, 2.05) is 0 Å². The van der Waals surface area contributed by atoms with Crippen molar-refractivity contribution < 1.29 is 41.7 Å². The molecule has 0 aromatic heterocycles. The van der Waals surface area contributed by atoms with Crippen LogP contribution in [-0.4, -0.2) is 45.8 Å². The van der Waals surface area contributed by atoms with Gasteiger partial charge in [0.15, 0.2) is 16.7 Å². The van der Waals surface area contributed by atoms with E-state index in [1.54, 1.807) is 0 Å². The molecular weight excluding hydrogens is 398 g/mol. The van der Waals surface area contributed by atoms with Crippen LogP contribution in [0.2, 0.25) is 0 Å². The number of nitrogens with one attached hydrogen (secondary N) is 1. The molecule has 1 aromatic rings. The number of carboxylic acids is 1. The lowest BCUT2D eigenvalue weighted by molar-refractivity contribution is -0.391. The number of benzene rings is 1. The molecule has 1 fully saturated rings. The predicted molar refractivity (Wildman–Crippen MR) is 84.4 cm³/mol. The highest BCUT2D eigenvalue weighted by Crippen LogP contribution is 2.47. The summed E-state index contributed by atoms with van der Waals surface area (Å²) in [5.74, 6) is -2.98. The highest BCUT2D eigenvalue weighted by atomic mass is 32.2. The van der Waals surface area contributed by atoms with Crippen LogP contribution >= 0.6 is 11.8 Å². The molecular formula is C14H9F4N3O5S. The van der Waals surface area contributed by atoms with Crippen molar-refractivity contribution in [3.63, 3.8) is 0 Å². The minimum atomic E-state index is -4.88. The van der Waals surface area contributed by atoms with Crippen molar-refractivity contribution in [2.75, 3.05) is 0 Å². The molecule has 2 N–H and O–H groups in total. The van der Waals surface area contributed by atoms with Crippen LogP contribution < -0.4 is 14.8 Å². The van der Waals surface area contributed by atoms with Crippen LogP contribution in [0.3, 0.4) is 0 Å². The number of hydrogen-bond donors (Lipinski definition) is 2. The van der Waals surface area contributed by atoms with Gasteiger partial charge in [0.1, 0.15) is 5.25 Å². The van der Waals surface area contributed by atoms with E-state index >= 15 is 0 Å². The fourth-order valence-electron chi connectivity index (χ4n) is 2.10. The molecule has 2 aliphatic heterocycles. The maximum absolute atomic E-state index is 13.3. The summed E-state index contributed by atoms with van der Waals surface area (Å²) >= 11 is 0.830. The number of carboxylic acid groups (broad SMARTS) is 1. The maximum Gasteiger partial charge on any atom is 0.507 e. The first-order chi connectivity index (χ1) is 12.6. The molecule has 0 bridgehead atoms. The van der Waals surface area contributed by atoms with Gasteiger partial charge >= 0.3 is 18.2 Å². The number of thioether (sulfide) groups is 1. The van der Waals surface area contributed by atoms with E-state index in [0.29, 0.717) is 0 Å². The number of amidine groups is 1. The van der Waals surface area contributed by atoms with E-state index in [2.05, 4.69) is 25.0 Å². The smallest absolute Gasteiger partial charge is 0.481 e. The van der Waals surface area contributed by atoms with Gasteiger partial charge in [0, 0.05) is 5.56 Å². The molecule has 0 radical (unpaired) electrons. The average Bonchev–Trinajstić information content (AvgIpc) is 2.87. The second kappa shape index (κ2) is 6.72. The normalized spacial score (nSPS) is 24.2. The Bertz CT molecular complexity index is 861. The van der Waals surface area contributed by atoms with Crippen LogP contribution in [0.25, 0.3) is 0 Å². The zero-order valence-electron chi connectivity index (χ0n) is 13.0. The molecule has 1 unspecified atom stereocenters. The Hall–Kier alpha value is -2.83. The molecule has 1 aromatic carbocycles. The Labute approximate surface area is 152 Å². The number of para-hydroxylation sites is 1. The van der Waals surface area contributed by atoms with Gasteiger partial charge in [0.2, 0.25) is 5.91 Å². The SMILES string of the molecule is O=C(O)CC1SC(=NN=Cc2cccc3c2OC(F)(F)C(F)(F)O3)NC1=O. The summed E-state index contributed by atoms with van der Waals surface area (Å²) < 4.78 is 61.1. The fraction of sp³-hybridized carbons (Fsp3) is 0.286. The van der Waals surface area contributed by atoms with Crippen LogP contribution in [0.4, 0.5) is 17.6 Å². The van der Waals surface area contributed by atoms with E-state index in [-0.39, 0.29) is 10.7 Å². The second-order valence-corrected chi connectivity index (χ2v) is 6.45. The monoisotopic (exact) mass is 407 g/mol. The van der Waals surface area contributed by atoms with Crippen molar-refractivity contribution in [2.24, 2.45) is 10.2 Å². The first kappa shape index (κ1) is 18.9. The van der Waals surface area contributed by atoms with Crippen molar-refractivity contribution in [2.45, 2.75) is 23.9 Å².